The first-order valence-electron chi connectivity index (χ1n) is 10.6. The van der Waals surface area contributed by atoms with E-state index in [0.717, 1.165) is 42.6 Å². The number of hydrogen-bond acceptors (Lipinski definition) is 5. The number of carbonyl (C=O) groups is 2. The van der Waals surface area contributed by atoms with Crippen LogP contribution in [0.2, 0.25) is 0 Å². The van der Waals surface area contributed by atoms with Crippen molar-refractivity contribution in [1.82, 2.24) is 9.78 Å². The molecule has 1 N–H and O–H groups in total. The molecule has 0 saturated heterocycles. The molecule has 0 saturated carbocycles. The fourth-order valence-electron chi connectivity index (χ4n) is 3.78. The second-order valence-corrected chi connectivity index (χ2v) is 7.44. The Labute approximate surface area is 185 Å². The molecular weight excluding hydrogens is 413 g/mol. The molecular formula is C24H24FN3O4. The number of nitrogens with one attached hydrogen (secondary N) is 1. The summed E-state index contributed by atoms with van der Waals surface area (Å²) in [6.07, 6.45) is 3.58. The molecule has 1 aliphatic carbocycles. The third-order valence-electron chi connectivity index (χ3n) is 5.22. The molecule has 0 fully saturated rings. The van der Waals surface area contributed by atoms with Crippen LogP contribution in [0, 0.1) is 5.82 Å². The van der Waals surface area contributed by atoms with Gasteiger partial charge in [0, 0.05) is 23.0 Å². The normalized spacial score (nSPS) is 12.7. The van der Waals surface area contributed by atoms with Crippen molar-refractivity contribution in [2.24, 2.45) is 0 Å². The largest absolute Gasteiger partial charge is 0.482 e. The summed E-state index contributed by atoms with van der Waals surface area (Å²) in [6.45, 7) is 1.80. The lowest BCUT2D eigenvalue weighted by molar-refractivity contribution is -0.145. The smallest absolute Gasteiger partial charge is 0.344 e. The van der Waals surface area contributed by atoms with Crippen LogP contribution in [0.1, 0.15) is 41.5 Å². The van der Waals surface area contributed by atoms with Gasteiger partial charge in [-0.1, -0.05) is 6.07 Å². The van der Waals surface area contributed by atoms with Crippen LogP contribution in [-0.4, -0.2) is 34.9 Å². The summed E-state index contributed by atoms with van der Waals surface area (Å²) in [5.41, 5.74) is 3.52. The minimum atomic E-state index is -0.458. The van der Waals surface area contributed by atoms with E-state index in [4.69, 9.17) is 9.47 Å². The van der Waals surface area contributed by atoms with Crippen molar-refractivity contribution < 1.29 is 23.5 Å². The van der Waals surface area contributed by atoms with Crippen molar-refractivity contribution in [1.29, 1.82) is 0 Å². The van der Waals surface area contributed by atoms with Crippen LogP contribution < -0.4 is 10.1 Å². The molecule has 0 aliphatic heterocycles. The summed E-state index contributed by atoms with van der Waals surface area (Å²) in [5, 5.41) is 7.44. The lowest BCUT2D eigenvalue weighted by Gasteiger charge is -2.14. The average Bonchev–Trinajstić information content (AvgIpc) is 3.19. The molecule has 3 aromatic rings. The standard InChI is InChI=1S/C24H24FN3O4/c1-2-31-22(29)15-32-19-7-5-6-17(14-19)26-24(30)23-20-8-3-4-9-21(20)28(27-23)18-12-10-16(25)11-13-18/h5-7,10-14H,2-4,8-9,15H2,1H3,(H,26,30). The molecule has 32 heavy (non-hydrogen) atoms. The van der Waals surface area contributed by atoms with E-state index < -0.39 is 5.97 Å². The predicted molar refractivity (Wildman–Crippen MR) is 117 cm³/mol. The lowest BCUT2D eigenvalue weighted by atomic mass is 9.95. The molecule has 0 radical (unpaired) electrons. The Bertz CT molecular complexity index is 1120. The highest BCUT2D eigenvalue weighted by molar-refractivity contribution is 6.04. The van der Waals surface area contributed by atoms with Gasteiger partial charge in [-0.3, -0.25) is 4.79 Å². The molecule has 1 aliphatic rings. The van der Waals surface area contributed by atoms with Crippen LogP contribution >= 0.6 is 0 Å². The van der Waals surface area contributed by atoms with Crippen molar-refractivity contribution in [3.8, 4) is 11.4 Å². The Morgan fingerprint density at radius 1 is 1.12 bits per heavy atom. The number of rotatable bonds is 7. The zero-order valence-corrected chi connectivity index (χ0v) is 17.8. The van der Waals surface area contributed by atoms with E-state index >= 15 is 0 Å². The fourth-order valence-corrected chi connectivity index (χ4v) is 3.78. The first-order valence-corrected chi connectivity index (χ1v) is 10.6. The van der Waals surface area contributed by atoms with E-state index in [1.807, 2.05) is 0 Å². The van der Waals surface area contributed by atoms with Crippen LogP contribution in [0.15, 0.2) is 48.5 Å². The Morgan fingerprint density at radius 3 is 2.69 bits per heavy atom. The maximum Gasteiger partial charge on any atom is 0.344 e. The second kappa shape index (κ2) is 9.64. The van der Waals surface area contributed by atoms with E-state index in [-0.39, 0.29) is 24.9 Å². The molecule has 0 bridgehead atoms. The van der Waals surface area contributed by atoms with Gasteiger partial charge in [-0.25, -0.2) is 13.9 Å². The summed E-state index contributed by atoms with van der Waals surface area (Å²) in [6, 6.07) is 12.9. The number of hydrogen-bond donors (Lipinski definition) is 1. The summed E-state index contributed by atoms with van der Waals surface area (Å²) < 4.78 is 25.4. The van der Waals surface area contributed by atoms with Crippen molar-refractivity contribution in [3.63, 3.8) is 0 Å². The molecule has 166 valence electrons. The number of halogens is 1. The molecule has 0 spiro atoms. The molecule has 1 heterocycles. The number of aromatic nitrogens is 2. The van der Waals surface area contributed by atoms with Gasteiger partial charge in [0.15, 0.2) is 12.3 Å². The third-order valence-corrected chi connectivity index (χ3v) is 5.22. The van der Waals surface area contributed by atoms with Gasteiger partial charge in [0.25, 0.3) is 5.91 Å². The number of ether oxygens (including phenoxy) is 2. The van der Waals surface area contributed by atoms with Gasteiger partial charge in [-0.05, 0) is 69.0 Å². The lowest BCUT2D eigenvalue weighted by Crippen LogP contribution is -2.16. The summed E-state index contributed by atoms with van der Waals surface area (Å²) in [7, 11) is 0. The Morgan fingerprint density at radius 2 is 1.91 bits per heavy atom. The SMILES string of the molecule is CCOC(=O)COc1cccc(NC(=O)c2nn(-c3ccc(F)cc3)c3c2CCCC3)c1. The van der Waals surface area contributed by atoms with Crippen LogP contribution in [-0.2, 0) is 22.4 Å². The number of fused-ring (bicyclic) bond motifs is 1. The highest BCUT2D eigenvalue weighted by atomic mass is 19.1. The average molecular weight is 437 g/mol. The number of carbonyl (C=O) groups excluding carboxylic acids is 2. The quantitative estimate of drug-likeness (QED) is 0.563. The number of benzene rings is 2. The Hall–Kier alpha value is -3.68. The summed E-state index contributed by atoms with van der Waals surface area (Å²) >= 11 is 0. The Kier molecular flexibility index (Phi) is 6.49. The molecule has 4 rings (SSSR count). The van der Waals surface area contributed by atoms with E-state index in [9.17, 15) is 14.0 Å². The van der Waals surface area contributed by atoms with Crippen LogP contribution in [0.4, 0.5) is 10.1 Å². The number of anilines is 1. The molecule has 0 atom stereocenters. The van der Waals surface area contributed by atoms with Crippen LogP contribution in [0.5, 0.6) is 5.75 Å². The molecule has 0 unspecified atom stereocenters. The van der Waals surface area contributed by atoms with E-state index in [0.29, 0.717) is 17.1 Å². The van der Waals surface area contributed by atoms with E-state index in [1.165, 1.54) is 12.1 Å². The van der Waals surface area contributed by atoms with Crippen molar-refractivity contribution in [2.75, 3.05) is 18.5 Å². The van der Waals surface area contributed by atoms with Gasteiger partial charge in [-0.2, -0.15) is 5.10 Å². The molecule has 2 aromatic carbocycles. The first-order chi connectivity index (χ1) is 15.5. The van der Waals surface area contributed by atoms with E-state index in [2.05, 4.69) is 10.4 Å². The monoisotopic (exact) mass is 437 g/mol. The van der Waals surface area contributed by atoms with Gasteiger partial charge < -0.3 is 14.8 Å². The first kappa shape index (κ1) is 21.5. The summed E-state index contributed by atoms with van der Waals surface area (Å²) in [5.74, 6) is -0.668. The maximum absolute atomic E-state index is 13.4. The van der Waals surface area contributed by atoms with Crippen molar-refractivity contribution in [2.45, 2.75) is 32.6 Å². The minimum absolute atomic E-state index is 0.208. The Balaban J connectivity index is 1.54. The zero-order chi connectivity index (χ0) is 22.5. The van der Waals surface area contributed by atoms with Gasteiger partial charge in [0.2, 0.25) is 0 Å². The minimum Gasteiger partial charge on any atom is -0.482 e. The topological polar surface area (TPSA) is 82.4 Å². The molecule has 8 heteroatoms. The van der Waals surface area contributed by atoms with Crippen LogP contribution in [0.3, 0.4) is 0 Å². The maximum atomic E-state index is 13.4. The second-order valence-electron chi connectivity index (χ2n) is 7.44. The van der Waals surface area contributed by atoms with Gasteiger partial charge in [-0.15, -0.1) is 0 Å². The molecule has 7 nitrogen and oxygen atoms in total. The third kappa shape index (κ3) is 4.80. The van der Waals surface area contributed by atoms with E-state index in [1.54, 1.807) is 48.0 Å². The van der Waals surface area contributed by atoms with Gasteiger partial charge in [0.05, 0.1) is 12.3 Å². The number of amides is 1. The highest BCUT2D eigenvalue weighted by Gasteiger charge is 2.25. The van der Waals surface area contributed by atoms with Crippen molar-refractivity contribution in [3.05, 3.63) is 71.3 Å². The molecule has 1 amide bonds. The number of nitrogens with zero attached hydrogens (tertiary/aromatic N) is 2. The van der Waals surface area contributed by atoms with Gasteiger partial charge >= 0.3 is 5.97 Å². The van der Waals surface area contributed by atoms with Gasteiger partial charge in [0.1, 0.15) is 11.6 Å². The number of esters is 1. The highest BCUT2D eigenvalue weighted by Crippen LogP contribution is 2.28. The van der Waals surface area contributed by atoms with Crippen molar-refractivity contribution >= 4 is 17.6 Å². The van der Waals surface area contributed by atoms with Crippen LogP contribution in [0.25, 0.3) is 5.69 Å². The fraction of sp³-hybridized carbons (Fsp3) is 0.292. The zero-order valence-electron chi connectivity index (χ0n) is 17.8. The predicted octanol–water partition coefficient (Wildman–Crippen LogP) is 4.08. The summed E-state index contributed by atoms with van der Waals surface area (Å²) in [4.78, 5) is 24.6. The molecule has 1 aromatic heterocycles.